The van der Waals surface area contributed by atoms with Crippen molar-refractivity contribution in [2.45, 2.75) is 44.6 Å². The molecule has 2 heterocycles. The molecule has 1 N–H and O–H groups in total. The molecule has 0 saturated heterocycles. The van der Waals surface area contributed by atoms with E-state index in [4.69, 9.17) is 19.3 Å². The number of rotatable bonds is 10. The van der Waals surface area contributed by atoms with Gasteiger partial charge in [-0.25, -0.2) is 13.4 Å². The molecule has 2 atom stereocenters. The highest BCUT2D eigenvalue weighted by Crippen LogP contribution is 2.42. The molecule has 38 heavy (non-hydrogen) atoms. The predicted molar refractivity (Wildman–Crippen MR) is 143 cm³/mol. The second-order valence-electron chi connectivity index (χ2n) is 9.99. The lowest BCUT2D eigenvalue weighted by atomic mass is 9.93. The van der Waals surface area contributed by atoms with Crippen molar-refractivity contribution in [2.24, 2.45) is 0 Å². The summed E-state index contributed by atoms with van der Waals surface area (Å²) in [7, 11) is -2.99. The number of ether oxygens (including phenoxy) is 3. The van der Waals surface area contributed by atoms with Crippen molar-refractivity contribution in [3.63, 3.8) is 0 Å². The second-order valence-corrected chi connectivity index (χ2v) is 12.3. The molecule has 0 saturated carbocycles. The lowest BCUT2D eigenvalue weighted by molar-refractivity contribution is -0.137. The number of hydrogen-bond acceptors (Lipinski definition) is 7. The van der Waals surface area contributed by atoms with Crippen LogP contribution in [0.1, 0.15) is 53.5 Å². The number of aryl methyl sites for hydroxylation is 1. The minimum absolute atomic E-state index is 0.0172. The summed E-state index contributed by atoms with van der Waals surface area (Å²) in [5.74, 6) is 0.907. The molecule has 2 aliphatic rings. The van der Waals surface area contributed by atoms with Gasteiger partial charge < -0.3 is 19.3 Å². The first-order chi connectivity index (χ1) is 18.2. The summed E-state index contributed by atoms with van der Waals surface area (Å²) in [4.78, 5) is 15.6. The van der Waals surface area contributed by atoms with Gasteiger partial charge in [0.1, 0.15) is 27.4 Å². The fraction of sp³-hybridized carbons (Fsp3) is 0.379. The van der Waals surface area contributed by atoms with Gasteiger partial charge in [0.05, 0.1) is 25.4 Å². The third-order valence-corrected chi connectivity index (χ3v) is 8.10. The topological polar surface area (TPSA) is 112 Å². The lowest BCUT2D eigenvalue weighted by Gasteiger charge is -2.16. The SMILES string of the molecule is Cc1cc(OCCCS(C)(=O)=O)ccc1-c1cccc2c1CCC2Oc1cc2c(cn1)[C@@H](CC(=O)O)CO2. The van der Waals surface area contributed by atoms with Gasteiger partial charge in [0.15, 0.2) is 0 Å². The van der Waals surface area contributed by atoms with Crippen LogP contribution in [-0.4, -0.2) is 49.7 Å². The van der Waals surface area contributed by atoms with Crippen molar-refractivity contribution in [3.05, 3.63) is 70.9 Å². The number of benzene rings is 2. The Morgan fingerprint density at radius 2 is 2.00 bits per heavy atom. The van der Waals surface area contributed by atoms with E-state index in [1.165, 1.54) is 11.8 Å². The number of sulfone groups is 1. The van der Waals surface area contributed by atoms with E-state index in [1.807, 2.05) is 25.1 Å². The smallest absolute Gasteiger partial charge is 0.304 e. The summed E-state index contributed by atoms with van der Waals surface area (Å²) in [6, 6.07) is 14.0. The Morgan fingerprint density at radius 1 is 1.16 bits per heavy atom. The van der Waals surface area contributed by atoms with Gasteiger partial charge in [-0.05, 0) is 66.1 Å². The minimum Gasteiger partial charge on any atom is -0.494 e. The van der Waals surface area contributed by atoms with Gasteiger partial charge in [-0.3, -0.25) is 4.79 Å². The number of aliphatic carboxylic acids is 1. The Kier molecular flexibility index (Phi) is 7.29. The fourth-order valence-electron chi connectivity index (χ4n) is 5.26. The second kappa shape index (κ2) is 10.6. The van der Waals surface area contributed by atoms with Crippen molar-refractivity contribution >= 4 is 15.8 Å². The van der Waals surface area contributed by atoms with Crippen LogP contribution in [0.15, 0.2) is 48.7 Å². The Labute approximate surface area is 222 Å². The van der Waals surface area contributed by atoms with Crippen LogP contribution >= 0.6 is 0 Å². The number of carbonyl (C=O) groups is 1. The average molecular weight is 538 g/mol. The van der Waals surface area contributed by atoms with Crippen molar-refractivity contribution in [1.82, 2.24) is 4.98 Å². The molecule has 0 bridgehead atoms. The van der Waals surface area contributed by atoms with E-state index in [0.717, 1.165) is 46.4 Å². The Bertz CT molecular complexity index is 1470. The van der Waals surface area contributed by atoms with Crippen LogP contribution in [0.3, 0.4) is 0 Å². The number of carboxylic acid groups (broad SMARTS) is 1. The standard InChI is InChI=1S/C29H31NO7S/c1-18-13-20(35-11-4-12-38(2,33)34)7-8-21(18)22-5-3-6-24-23(22)9-10-26(24)37-28-15-27-25(16-30-28)19(17-36-27)14-29(31)32/h3,5-8,13,15-16,19,26H,4,9-12,14,17H2,1-2H3,(H,31,32)/t19-,26?/m0/s1. The van der Waals surface area contributed by atoms with E-state index in [0.29, 0.717) is 31.3 Å². The maximum absolute atomic E-state index is 11.3. The number of aromatic nitrogens is 1. The molecule has 3 aromatic rings. The van der Waals surface area contributed by atoms with Crippen molar-refractivity contribution in [1.29, 1.82) is 0 Å². The molecule has 1 unspecified atom stereocenters. The van der Waals surface area contributed by atoms with Gasteiger partial charge in [-0.15, -0.1) is 0 Å². The first kappa shape index (κ1) is 26.0. The summed E-state index contributed by atoms with van der Waals surface area (Å²) in [6.45, 7) is 2.74. The predicted octanol–water partition coefficient (Wildman–Crippen LogP) is 4.89. The van der Waals surface area contributed by atoms with Crippen LogP contribution in [0.5, 0.6) is 17.4 Å². The molecule has 5 rings (SSSR count). The molecule has 1 aromatic heterocycles. The zero-order valence-electron chi connectivity index (χ0n) is 21.5. The highest BCUT2D eigenvalue weighted by Gasteiger charge is 2.30. The van der Waals surface area contributed by atoms with Crippen LogP contribution in [0.25, 0.3) is 11.1 Å². The number of pyridine rings is 1. The first-order valence-electron chi connectivity index (χ1n) is 12.7. The van der Waals surface area contributed by atoms with E-state index in [-0.39, 0.29) is 24.2 Å². The van der Waals surface area contributed by atoms with Crippen LogP contribution in [-0.2, 0) is 21.1 Å². The monoisotopic (exact) mass is 537 g/mol. The van der Waals surface area contributed by atoms with E-state index in [2.05, 4.69) is 23.2 Å². The minimum atomic E-state index is -2.99. The van der Waals surface area contributed by atoms with E-state index in [1.54, 1.807) is 12.3 Å². The van der Waals surface area contributed by atoms with Gasteiger partial charge in [0, 0.05) is 30.0 Å². The van der Waals surface area contributed by atoms with Crippen molar-refractivity contribution in [2.75, 3.05) is 25.2 Å². The number of nitrogens with zero attached hydrogens (tertiary/aromatic N) is 1. The van der Waals surface area contributed by atoms with Crippen molar-refractivity contribution < 1.29 is 32.5 Å². The molecule has 0 spiro atoms. The van der Waals surface area contributed by atoms with Gasteiger partial charge in [-0.1, -0.05) is 24.3 Å². The lowest BCUT2D eigenvalue weighted by Crippen LogP contribution is -2.08. The summed E-state index contributed by atoms with van der Waals surface area (Å²) in [5.41, 5.74) is 6.57. The molecule has 0 amide bonds. The third-order valence-electron chi connectivity index (χ3n) is 7.07. The molecule has 1 aliphatic carbocycles. The van der Waals surface area contributed by atoms with Crippen LogP contribution in [0.4, 0.5) is 0 Å². The maximum Gasteiger partial charge on any atom is 0.304 e. The Hall–Kier alpha value is -3.59. The van der Waals surface area contributed by atoms with Gasteiger partial charge in [-0.2, -0.15) is 0 Å². The highest BCUT2D eigenvalue weighted by atomic mass is 32.2. The average Bonchev–Trinajstić information content (AvgIpc) is 3.45. The molecule has 0 fully saturated rings. The first-order valence-corrected chi connectivity index (χ1v) is 14.8. The summed E-state index contributed by atoms with van der Waals surface area (Å²) < 4.78 is 40.4. The molecular weight excluding hydrogens is 506 g/mol. The fourth-order valence-corrected chi connectivity index (χ4v) is 5.90. The van der Waals surface area contributed by atoms with E-state index in [9.17, 15) is 13.2 Å². The number of carboxylic acids is 1. The van der Waals surface area contributed by atoms with Gasteiger partial charge >= 0.3 is 5.97 Å². The molecule has 0 radical (unpaired) electrons. The quantitative estimate of drug-likeness (QED) is 0.364. The summed E-state index contributed by atoms with van der Waals surface area (Å²) >= 11 is 0. The molecule has 9 heteroatoms. The third kappa shape index (κ3) is 5.78. The zero-order chi connectivity index (χ0) is 26.9. The van der Waals surface area contributed by atoms with Crippen molar-refractivity contribution in [3.8, 4) is 28.5 Å². The normalized spacial score (nSPS) is 17.9. The largest absolute Gasteiger partial charge is 0.494 e. The van der Waals surface area contributed by atoms with Crippen LogP contribution < -0.4 is 14.2 Å². The summed E-state index contributed by atoms with van der Waals surface area (Å²) in [6.07, 6.45) is 4.95. The Balaban J connectivity index is 1.29. The molecule has 200 valence electrons. The van der Waals surface area contributed by atoms with E-state index < -0.39 is 15.8 Å². The molecule has 2 aromatic carbocycles. The molecule has 8 nitrogen and oxygen atoms in total. The van der Waals surface area contributed by atoms with E-state index >= 15 is 0 Å². The van der Waals surface area contributed by atoms with Crippen LogP contribution in [0, 0.1) is 6.92 Å². The zero-order valence-corrected chi connectivity index (χ0v) is 22.3. The Morgan fingerprint density at radius 3 is 2.76 bits per heavy atom. The maximum atomic E-state index is 11.3. The number of hydrogen-bond donors (Lipinski definition) is 1. The molecular formula is C29H31NO7S. The molecule has 1 aliphatic heterocycles. The van der Waals surface area contributed by atoms with Gasteiger partial charge in [0.25, 0.3) is 0 Å². The van der Waals surface area contributed by atoms with Gasteiger partial charge in [0.2, 0.25) is 5.88 Å². The number of fused-ring (bicyclic) bond motifs is 2. The highest BCUT2D eigenvalue weighted by molar-refractivity contribution is 7.90. The van der Waals surface area contributed by atoms with Crippen LogP contribution in [0.2, 0.25) is 0 Å². The summed E-state index contributed by atoms with van der Waals surface area (Å²) in [5, 5.41) is 9.12.